The fourth-order valence-electron chi connectivity index (χ4n) is 1.71. The van der Waals surface area contributed by atoms with Crippen molar-refractivity contribution in [3.8, 4) is 0 Å². The number of hydrogen-bond donors (Lipinski definition) is 0. The summed E-state index contributed by atoms with van der Waals surface area (Å²) in [5.41, 5.74) is 2.99. The molecule has 1 aromatic carbocycles. The summed E-state index contributed by atoms with van der Waals surface area (Å²) in [6, 6.07) is 8.58. The highest BCUT2D eigenvalue weighted by Crippen LogP contribution is 2.25. The Hall–Kier alpha value is -1.24. The van der Waals surface area contributed by atoms with Crippen LogP contribution in [-0.2, 0) is 6.54 Å². The van der Waals surface area contributed by atoms with Gasteiger partial charge < -0.3 is 4.90 Å². The van der Waals surface area contributed by atoms with E-state index in [1.807, 2.05) is 0 Å². The molecule has 1 aromatic rings. The van der Waals surface area contributed by atoms with Crippen LogP contribution in [0.4, 0.5) is 0 Å². The van der Waals surface area contributed by atoms with Gasteiger partial charge in [0.2, 0.25) is 0 Å². The second kappa shape index (κ2) is 3.16. The summed E-state index contributed by atoms with van der Waals surface area (Å²) in [6.45, 7) is 7.75. The van der Waals surface area contributed by atoms with E-state index in [9.17, 15) is 0 Å². The number of benzene rings is 1. The molecule has 1 nitrogen and oxygen atoms in total. The average Bonchev–Trinajstić information content (AvgIpc) is 2.16. The predicted molar refractivity (Wildman–Crippen MR) is 60.8 cm³/mol. The van der Waals surface area contributed by atoms with Gasteiger partial charge in [0.15, 0.2) is 0 Å². The second-order valence-corrected chi connectivity index (χ2v) is 4.81. The van der Waals surface area contributed by atoms with Crippen LogP contribution >= 0.6 is 0 Å². The van der Waals surface area contributed by atoms with Crippen LogP contribution < -0.4 is 0 Å². The van der Waals surface area contributed by atoms with E-state index in [4.69, 9.17) is 0 Å². The van der Waals surface area contributed by atoms with Gasteiger partial charge in [0.05, 0.1) is 0 Å². The maximum absolute atomic E-state index is 2.37. The van der Waals surface area contributed by atoms with E-state index in [1.165, 1.54) is 11.1 Å². The van der Waals surface area contributed by atoms with Crippen LogP contribution in [0.2, 0.25) is 0 Å². The highest BCUT2D eigenvalue weighted by Gasteiger charge is 2.20. The summed E-state index contributed by atoms with van der Waals surface area (Å²) < 4.78 is 0. The van der Waals surface area contributed by atoms with Gasteiger partial charge in [-0.05, 0) is 38.0 Å². The van der Waals surface area contributed by atoms with Gasteiger partial charge in [0, 0.05) is 18.3 Å². The van der Waals surface area contributed by atoms with Crippen molar-refractivity contribution in [1.29, 1.82) is 0 Å². The van der Waals surface area contributed by atoms with E-state index >= 15 is 0 Å². The third-order valence-corrected chi connectivity index (χ3v) is 2.69. The standard InChI is InChI=1S/C13H17N/c1-13(2,3)14-9-8-11-6-4-5-7-12(11)10-14/h4-9H,10H2,1-3H3. The van der Waals surface area contributed by atoms with E-state index in [-0.39, 0.29) is 5.54 Å². The van der Waals surface area contributed by atoms with E-state index in [1.54, 1.807) is 0 Å². The molecule has 14 heavy (non-hydrogen) atoms. The van der Waals surface area contributed by atoms with Crippen LogP contribution in [0.3, 0.4) is 0 Å². The Kier molecular flexibility index (Phi) is 2.10. The first-order chi connectivity index (χ1) is 6.57. The van der Waals surface area contributed by atoms with Gasteiger partial charge in [-0.15, -0.1) is 0 Å². The maximum Gasteiger partial charge on any atom is 0.0435 e. The number of hydrogen-bond acceptors (Lipinski definition) is 1. The molecule has 0 aromatic heterocycles. The highest BCUT2D eigenvalue weighted by atomic mass is 15.2. The molecule has 1 heteroatoms. The van der Waals surface area contributed by atoms with Gasteiger partial charge in [0.1, 0.15) is 0 Å². The molecule has 0 aliphatic carbocycles. The van der Waals surface area contributed by atoms with Crippen LogP contribution in [0.1, 0.15) is 31.9 Å². The van der Waals surface area contributed by atoms with Crippen molar-refractivity contribution in [3.05, 3.63) is 41.6 Å². The van der Waals surface area contributed by atoms with Crippen LogP contribution in [0.25, 0.3) is 6.08 Å². The molecule has 1 heterocycles. The first-order valence-electron chi connectivity index (χ1n) is 5.10. The van der Waals surface area contributed by atoms with Crippen molar-refractivity contribution < 1.29 is 0 Å². The second-order valence-electron chi connectivity index (χ2n) is 4.81. The van der Waals surface area contributed by atoms with Crippen molar-refractivity contribution >= 4 is 6.08 Å². The third kappa shape index (κ3) is 1.67. The van der Waals surface area contributed by atoms with Gasteiger partial charge in [-0.3, -0.25) is 0 Å². The lowest BCUT2D eigenvalue weighted by Gasteiger charge is -2.37. The Morgan fingerprint density at radius 3 is 2.57 bits per heavy atom. The Bertz CT molecular complexity index is 358. The van der Waals surface area contributed by atoms with Crippen molar-refractivity contribution in [2.24, 2.45) is 0 Å². The maximum atomic E-state index is 2.37. The fraction of sp³-hybridized carbons (Fsp3) is 0.385. The zero-order valence-electron chi connectivity index (χ0n) is 9.12. The van der Waals surface area contributed by atoms with Gasteiger partial charge in [-0.25, -0.2) is 0 Å². The third-order valence-electron chi connectivity index (χ3n) is 2.69. The van der Waals surface area contributed by atoms with Crippen LogP contribution in [0.15, 0.2) is 30.5 Å². The molecule has 0 saturated heterocycles. The average molecular weight is 187 g/mol. The molecule has 1 aliphatic heterocycles. The Labute approximate surface area is 86.1 Å². The van der Waals surface area contributed by atoms with E-state index < -0.39 is 0 Å². The molecule has 0 amide bonds. The molecule has 0 spiro atoms. The Morgan fingerprint density at radius 2 is 1.86 bits per heavy atom. The van der Waals surface area contributed by atoms with Crippen LogP contribution in [-0.4, -0.2) is 10.4 Å². The van der Waals surface area contributed by atoms with Crippen LogP contribution in [0.5, 0.6) is 0 Å². The quantitative estimate of drug-likeness (QED) is 0.602. The predicted octanol–water partition coefficient (Wildman–Crippen LogP) is 3.27. The lowest BCUT2D eigenvalue weighted by molar-refractivity contribution is 0.196. The van der Waals surface area contributed by atoms with Gasteiger partial charge in [-0.2, -0.15) is 0 Å². The van der Waals surface area contributed by atoms with E-state index in [2.05, 4.69) is 62.2 Å². The first-order valence-corrected chi connectivity index (χ1v) is 5.10. The smallest absolute Gasteiger partial charge is 0.0435 e. The minimum absolute atomic E-state index is 0.212. The molecule has 0 N–H and O–H groups in total. The molecule has 0 atom stereocenters. The van der Waals surface area contributed by atoms with Crippen molar-refractivity contribution in [2.45, 2.75) is 32.9 Å². The molecule has 0 radical (unpaired) electrons. The van der Waals surface area contributed by atoms with E-state index in [0.29, 0.717) is 0 Å². The summed E-state index contributed by atoms with van der Waals surface area (Å²) in [5, 5.41) is 0. The number of fused-ring (bicyclic) bond motifs is 1. The molecular formula is C13H17N. The normalized spacial score (nSPS) is 15.5. The molecule has 74 valence electrons. The lowest BCUT2D eigenvalue weighted by atomic mass is 9.99. The van der Waals surface area contributed by atoms with Gasteiger partial charge in [0.25, 0.3) is 0 Å². The number of rotatable bonds is 0. The number of nitrogens with zero attached hydrogens (tertiary/aromatic N) is 1. The summed E-state index contributed by atoms with van der Waals surface area (Å²) in [4.78, 5) is 2.37. The molecule has 0 bridgehead atoms. The van der Waals surface area contributed by atoms with Crippen molar-refractivity contribution in [2.75, 3.05) is 0 Å². The largest absolute Gasteiger partial charge is 0.368 e. The van der Waals surface area contributed by atoms with Gasteiger partial charge >= 0.3 is 0 Å². The van der Waals surface area contributed by atoms with Crippen molar-refractivity contribution in [1.82, 2.24) is 4.90 Å². The topological polar surface area (TPSA) is 3.24 Å². The summed E-state index contributed by atoms with van der Waals surface area (Å²) >= 11 is 0. The summed E-state index contributed by atoms with van der Waals surface area (Å²) in [7, 11) is 0. The van der Waals surface area contributed by atoms with E-state index in [0.717, 1.165) is 6.54 Å². The fourth-order valence-corrected chi connectivity index (χ4v) is 1.71. The molecule has 0 fully saturated rings. The summed E-state index contributed by atoms with van der Waals surface area (Å²) in [6.07, 6.45) is 4.40. The van der Waals surface area contributed by atoms with Crippen LogP contribution in [0, 0.1) is 0 Å². The Morgan fingerprint density at radius 1 is 1.14 bits per heavy atom. The SMILES string of the molecule is CC(C)(C)N1C=Cc2ccccc2C1. The zero-order valence-corrected chi connectivity index (χ0v) is 9.12. The van der Waals surface area contributed by atoms with Gasteiger partial charge in [-0.1, -0.05) is 24.3 Å². The minimum atomic E-state index is 0.212. The molecule has 1 aliphatic rings. The minimum Gasteiger partial charge on any atom is -0.368 e. The molecular weight excluding hydrogens is 170 g/mol. The monoisotopic (exact) mass is 187 g/mol. The molecule has 0 unspecified atom stereocenters. The lowest BCUT2D eigenvalue weighted by Crippen LogP contribution is -2.37. The first kappa shape index (κ1) is 9.32. The molecule has 2 rings (SSSR count). The molecule has 0 saturated carbocycles. The highest BCUT2D eigenvalue weighted by molar-refractivity contribution is 5.55. The zero-order chi connectivity index (χ0) is 10.2. The summed E-state index contributed by atoms with van der Waals surface area (Å²) in [5.74, 6) is 0. The Balaban J connectivity index is 2.30. The van der Waals surface area contributed by atoms with Crippen molar-refractivity contribution in [3.63, 3.8) is 0 Å².